The molecule has 0 amide bonds. The van der Waals surface area contributed by atoms with Crippen LogP contribution in [0.4, 0.5) is 0 Å². The molecular weight excluding hydrogens is 280 g/mol. The Morgan fingerprint density at radius 2 is 2.15 bits per heavy atom. The Labute approximate surface area is 117 Å². The van der Waals surface area contributed by atoms with Crippen LogP contribution in [0.25, 0.3) is 0 Å². The van der Waals surface area contributed by atoms with E-state index in [1.807, 2.05) is 6.07 Å². The van der Waals surface area contributed by atoms with Crippen LogP contribution in [-0.2, 0) is 14.8 Å². The highest BCUT2D eigenvalue weighted by Gasteiger charge is 2.50. The summed E-state index contributed by atoms with van der Waals surface area (Å²) in [6.07, 6.45) is 0.949. The van der Waals surface area contributed by atoms with E-state index in [0.29, 0.717) is 18.4 Å². The summed E-state index contributed by atoms with van der Waals surface area (Å²) < 4.78 is 26.7. The molecule has 20 heavy (non-hydrogen) atoms. The fourth-order valence-corrected chi connectivity index (χ4v) is 3.28. The average Bonchev–Trinajstić information content (AvgIpc) is 3.18. The largest absolute Gasteiger partial charge is 0.481 e. The molecule has 0 atom stereocenters. The number of carboxylic acids is 1. The van der Waals surface area contributed by atoms with Crippen molar-refractivity contribution >= 4 is 16.0 Å². The lowest BCUT2D eigenvalue weighted by Gasteiger charge is -2.13. The van der Waals surface area contributed by atoms with Crippen LogP contribution in [0.1, 0.15) is 24.0 Å². The third kappa shape index (κ3) is 2.66. The molecule has 1 saturated carbocycles. The number of aliphatic carboxylic acids is 1. The van der Waals surface area contributed by atoms with E-state index in [-0.39, 0.29) is 17.0 Å². The first-order valence-corrected chi connectivity index (χ1v) is 7.53. The molecule has 2 N–H and O–H groups in total. The number of hydrogen-bond acceptors (Lipinski definition) is 4. The van der Waals surface area contributed by atoms with Crippen molar-refractivity contribution in [2.75, 3.05) is 6.54 Å². The van der Waals surface area contributed by atoms with Crippen LogP contribution in [0.5, 0.6) is 0 Å². The maximum absolute atomic E-state index is 12.2. The van der Waals surface area contributed by atoms with Crippen molar-refractivity contribution in [3.05, 3.63) is 29.3 Å². The number of benzene rings is 1. The van der Waals surface area contributed by atoms with E-state index >= 15 is 0 Å². The lowest BCUT2D eigenvalue weighted by Crippen LogP contribution is -2.34. The maximum atomic E-state index is 12.2. The van der Waals surface area contributed by atoms with Crippen LogP contribution in [0.15, 0.2) is 23.1 Å². The topological polar surface area (TPSA) is 107 Å². The molecule has 0 heterocycles. The molecule has 2 rings (SSSR count). The number of nitrogens with one attached hydrogen (secondary N) is 1. The Balaban J connectivity index is 2.23. The van der Waals surface area contributed by atoms with E-state index in [1.54, 1.807) is 13.0 Å². The fraction of sp³-hybridized carbons (Fsp3) is 0.385. The van der Waals surface area contributed by atoms with Crippen LogP contribution in [-0.4, -0.2) is 26.0 Å². The van der Waals surface area contributed by atoms with Crippen molar-refractivity contribution in [1.29, 1.82) is 5.26 Å². The highest BCUT2D eigenvalue weighted by atomic mass is 32.2. The number of sulfonamides is 1. The minimum atomic E-state index is -3.81. The Bertz CT molecular complexity index is 700. The predicted molar refractivity (Wildman–Crippen MR) is 70.4 cm³/mol. The minimum absolute atomic E-state index is 0.0118. The third-order valence-corrected chi connectivity index (χ3v) is 5.06. The highest BCUT2D eigenvalue weighted by Crippen LogP contribution is 2.45. The van der Waals surface area contributed by atoms with Gasteiger partial charge >= 0.3 is 5.97 Å². The maximum Gasteiger partial charge on any atom is 0.310 e. The summed E-state index contributed by atoms with van der Waals surface area (Å²) in [6, 6.07) is 6.26. The summed E-state index contributed by atoms with van der Waals surface area (Å²) >= 11 is 0. The van der Waals surface area contributed by atoms with Gasteiger partial charge in [0.05, 0.1) is 21.9 Å². The summed E-state index contributed by atoms with van der Waals surface area (Å²) in [5.74, 6) is -0.984. The normalized spacial score (nSPS) is 16.4. The Kier molecular flexibility index (Phi) is 3.54. The van der Waals surface area contributed by atoms with Gasteiger partial charge in [-0.15, -0.1) is 0 Å². The molecule has 1 aliphatic rings. The summed E-state index contributed by atoms with van der Waals surface area (Å²) in [4.78, 5) is 11.0. The van der Waals surface area contributed by atoms with Crippen LogP contribution < -0.4 is 4.72 Å². The molecular formula is C13H14N2O4S. The first-order chi connectivity index (χ1) is 9.31. The first kappa shape index (κ1) is 14.5. The van der Waals surface area contributed by atoms with Crippen molar-refractivity contribution in [3.8, 4) is 6.07 Å². The summed E-state index contributed by atoms with van der Waals surface area (Å²) in [5, 5.41) is 17.8. The zero-order valence-corrected chi connectivity index (χ0v) is 11.7. The Morgan fingerprint density at radius 1 is 1.50 bits per heavy atom. The van der Waals surface area contributed by atoms with Crippen LogP contribution in [0.3, 0.4) is 0 Å². The Hall–Kier alpha value is -1.91. The fourth-order valence-electron chi connectivity index (χ4n) is 1.89. The van der Waals surface area contributed by atoms with Gasteiger partial charge in [-0.2, -0.15) is 5.26 Å². The monoisotopic (exact) mass is 294 g/mol. The smallest absolute Gasteiger partial charge is 0.310 e. The van der Waals surface area contributed by atoms with Gasteiger partial charge in [-0.25, -0.2) is 13.1 Å². The van der Waals surface area contributed by atoms with E-state index in [9.17, 15) is 13.2 Å². The van der Waals surface area contributed by atoms with E-state index < -0.39 is 21.4 Å². The molecule has 0 spiro atoms. The van der Waals surface area contributed by atoms with Gasteiger partial charge in [-0.05, 0) is 37.5 Å². The van der Waals surface area contributed by atoms with Crippen LogP contribution >= 0.6 is 0 Å². The quantitative estimate of drug-likeness (QED) is 0.842. The number of carboxylic acid groups (broad SMARTS) is 1. The van der Waals surface area contributed by atoms with Crippen molar-refractivity contribution in [3.63, 3.8) is 0 Å². The van der Waals surface area contributed by atoms with Gasteiger partial charge in [-0.1, -0.05) is 6.07 Å². The second-order valence-electron chi connectivity index (χ2n) is 5.00. The lowest BCUT2D eigenvalue weighted by atomic mass is 10.1. The molecule has 0 radical (unpaired) electrons. The van der Waals surface area contributed by atoms with Crippen molar-refractivity contribution in [1.82, 2.24) is 4.72 Å². The molecule has 1 aliphatic carbocycles. The molecule has 0 bridgehead atoms. The average molecular weight is 294 g/mol. The highest BCUT2D eigenvalue weighted by molar-refractivity contribution is 7.89. The number of hydrogen-bond donors (Lipinski definition) is 2. The molecule has 0 aromatic heterocycles. The summed E-state index contributed by atoms with van der Waals surface area (Å²) in [7, 11) is -3.81. The van der Waals surface area contributed by atoms with Crippen molar-refractivity contribution in [2.24, 2.45) is 5.41 Å². The molecule has 0 saturated heterocycles. The summed E-state index contributed by atoms with van der Waals surface area (Å²) in [5.41, 5.74) is -0.208. The SMILES string of the molecule is Cc1ccc(C#N)cc1S(=O)(=O)NCC1(C(=O)O)CC1. The van der Waals surface area contributed by atoms with Crippen LogP contribution in [0.2, 0.25) is 0 Å². The second kappa shape index (κ2) is 4.89. The number of carbonyl (C=O) groups is 1. The van der Waals surface area contributed by atoms with Gasteiger partial charge in [0.1, 0.15) is 0 Å². The van der Waals surface area contributed by atoms with Crippen LogP contribution in [0, 0.1) is 23.7 Å². The molecule has 1 aromatic carbocycles. The number of rotatable bonds is 5. The van der Waals surface area contributed by atoms with E-state index in [0.717, 1.165) is 0 Å². The molecule has 106 valence electrons. The van der Waals surface area contributed by atoms with E-state index in [1.165, 1.54) is 12.1 Å². The number of nitrogens with zero attached hydrogens (tertiary/aromatic N) is 1. The zero-order valence-electron chi connectivity index (χ0n) is 10.9. The lowest BCUT2D eigenvalue weighted by molar-refractivity contribution is -0.143. The minimum Gasteiger partial charge on any atom is -0.481 e. The predicted octanol–water partition coefficient (Wildman–Crippen LogP) is 1.01. The van der Waals surface area contributed by atoms with Gasteiger partial charge < -0.3 is 5.11 Å². The van der Waals surface area contributed by atoms with Crippen molar-refractivity contribution < 1.29 is 18.3 Å². The number of nitriles is 1. The van der Waals surface area contributed by atoms with Gasteiger partial charge in [0.15, 0.2) is 0 Å². The van der Waals surface area contributed by atoms with E-state index in [4.69, 9.17) is 10.4 Å². The van der Waals surface area contributed by atoms with Gasteiger partial charge in [0, 0.05) is 6.54 Å². The first-order valence-electron chi connectivity index (χ1n) is 6.05. The number of aryl methyl sites for hydroxylation is 1. The molecule has 7 heteroatoms. The standard InChI is InChI=1S/C13H14N2O4S/c1-9-2-3-10(7-14)6-11(9)20(18,19)15-8-13(4-5-13)12(16)17/h2-3,6,15H,4-5,8H2,1H3,(H,16,17). The van der Waals surface area contributed by atoms with Gasteiger partial charge in [0.2, 0.25) is 10.0 Å². The second-order valence-corrected chi connectivity index (χ2v) is 6.74. The molecule has 1 aromatic rings. The zero-order chi connectivity index (χ0) is 15.0. The van der Waals surface area contributed by atoms with E-state index in [2.05, 4.69) is 4.72 Å². The van der Waals surface area contributed by atoms with Gasteiger partial charge in [-0.3, -0.25) is 4.79 Å². The van der Waals surface area contributed by atoms with Crippen molar-refractivity contribution in [2.45, 2.75) is 24.7 Å². The summed E-state index contributed by atoms with van der Waals surface area (Å²) in [6.45, 7) is 1.50. The molecule has 0 unspecified atom stereocenters. The van der Waals surface area contributed by atoms with Gasteiger partial charge in [0.25, 0.3) is 0 Å². The molecule has 0 aliphatic heterocycles. The third-order valence-electron chi connectivity index (χ3n) is 3.51. The molecule has 6 nitrogen and oxygen atoms in total. The Morgan fingerprint density at radius 3 is 2.65 bits per heavy atom. The molecule has 1 fully saturated rings.